The highest BCUT2D eigenvalue weighted by Crippen LogP contribution is 2.01. The first-order chi connectivity index (χ1) is 5.99. The molecule has 1 atom stereocenters. The third kappa shape index (κ3) is 3.71. The third-order valence-corrected chi connectivity index (χ3v) is 1.85. The van der Waals surface area contributed by atoms with Crippen LogP contribution >= 0.6 is 0 Å². The number of aliphatic hydroxyl groups is 2. The predicted molar refractivity (Wildman–Crippen MR) is 47.2 cm³/mol. The summed E-state index contributed by atoms with van der Waals surface area (Å²) in [6, 6.07) is 0. The molecule has 5 nitrogen and oxygen atoms in total. The Morgan fingerprint density at radius 1 is 1.54 bits per heavy atom. The first kappa shape index (κ1) is 12.3. The van der Waals surface area contributed by atoms with Gasteiger partial charge in [-0.05, 0) is 13.8 Å². The first-order valence-electron chi connectivity index (χ1n) is 4.05. The highest BCUT2D eigenvalue weighted by atomic mass is 16.5. The van der Waals surface area contributed by atoms with E-state index in [1.807, 2.05) is 0 Å². The van der Waals surface area contributed by atoms with Crippen molar-refractivity contribution in [2.75, 3.05) is 20.3 Å². The number of carbonyl (C=O) groups is 1. The molecular weight excluding hydrogens is 174 g/mol. The SMILES string of the molecule is COC(C)C(=O)NC(C)(CO)CO. The van der Waals surface area contributed by atoms with E-state index in [9.17, 15) is 4.79 Å². The van der Waals surface area contributed by atoms with Gasteiger partial charge in [-0.2, -0.15) is 0 Å². The van der Waals surface area contributed by atoms with Crippen LogP contribution in [-0.4, -0.2) is 48.1 Å². The largest absolute Gasteiger partial charge is 0.394 e. The molecule has 0 heterocycles. The van der Waals surface area contributed by atoms with Crippen molar-refractivity contribution in [1.29, 1.82) is 0 Å². The summed E-state index contributed by atoms with van der Waals surface area (Å²) >= 11 is 0. The molecule has 13 heavy (non-hydrogen) atoms. The molecular formula is C8H17NO4. The molecule has 0 rings (SSSR count). The number of rotatable bonds is 5. The van der Waals surface area contributed by atoms with Gasteiger partial charge in [0.25, 0.3) is 0 Å². The van der Waals surface area contributed by atoms with Crippen LogP contribution in [0.3, 0.4) is 0 Å². The molecule has 0 saturated carbocycles. The van der Waals surface area contributed by atoms with Crippen LogP contribution in [0.15, 0.2) is 0 Å². The summed E-state index contributed by atoms with van der Waals surface area (Å²) in [6.07, 6.45) is -0.586. The van der Waals surface area contributed by atoms with Crippen LogP contribution in [0.25, 0.3) is 0 Å². The van der Waals surface area contributed by atoms with Crippen molar-refractivity contribution in [3.8, 4) is 0 Å². The van der Waals surface area contributed by atoms with Crippen molar-refractivity contribution in [1.82, 2.24) is 5.32 Å². The molecule has 0 aromatic heterocycles. The average molecular weight is 191 g/mol. The van der Waals surface area contributed by atoms with Gasteiger partial charge in [0.1, 0.15) is 6.10 Å². The van der Waals surface area contributed by atoms with Gasteiger partial charge in [-0.3, -0.25) is 4.79 Å². The smallest absolute Gasteiger partial charge is 0.249 e. The summed E-state index contributed by atoms with van der Waals surface area (Å²) in [6.45, 7) is 2.51. The standard InChI is InChI=1S/C8H17NO4/c1-6(13-3)7(12)9-8(2,4-10)5-11/h6,10-11H,4-5H2,1-3H3,(H,9,12). The van der Waals surface area contributed by atoms with Gasteiger partial charge in [0.05, 0.1) is 18.8 Å². The Morgan fingerprint density at radius 3 is 2.31 bits per heavy atom. The third-order valence-electron chi connectivity index (χ3n) is 1.85. The Bertz CT molecular complexity index is 168. The minimum atomic E-state index is -0.982. The number of carbonyl (C=O) groups excluding carboxylic acids is 1. The number of hydrogen-bond acceptors (Lipinski definition) is 4. The molecule has 0 aromatic carbocycles. The fraction of sp³-hybridized carbons (Fsp3) is 0.875. The van der Waals surface area contributed by atoms with Gasteiger partial charge in [0.2, 0.25) is 5.91 Å². The highest BCUT2D eigenvalue weighted by Gasteiger charge is 2.26. The van der Waals surface area contributed by atoms with Crippen LogP contribution in [0.1, 0.15) is 13.8 Å². The van der Waals surface area contributed by atoms with Crippen molar-refractivity contribution in [3.05, 3.63) is 0 Å². The lowest BCUT2D eigenvalue weighted by atomic mass is 10.1. The van der Waals surface area contributed by atoms with Crippen LogP contribution < -0.4 is 5.32 Å². The zero-order chi connectivity index (χ0) is 10.5. The summed E-state index contributed by atoms with van der Waals surface area (Å²) < 4.78 is 4.77. The zero-order valence-corrected chi connectivity index (χ0v) is 8.20. The van der Waals surface area contributed by atoms with Crippen LogP contribution in [0, 0.1) is 0 Å². The Labute approximate surface area is 77.7 Å². The first-order valence-corrected chi connectivity index (χ1v) is 4.05. The lowest BCUT2D eigenvalue weighted by Gasteiger charge is -2.27. The Morgan fingerprint density at radius 2 is 2.00 bits per heavy atom. The van der Waals surface area contributed by atoms with Crippen LogP contribution in [0.4, 0.5) is 0 Å². The van der Waals surface area contributed by atoms with E-state index in [2.05, 4.69) is 5.32 Å². The normalized spacial score (nSPS) is 13.9. The maximum atomic E-state index is 11.2. The molecule has 0 aromatic rings. The lowest BCUT2D eigenvalue weighted by molar-refractivity contribution is -0.133. The van der Waals surface area contributed by atoms with Crippen LogP contribution in [0.5, 0.6) is 0 Å². The fourth-order valence-electron chi connectivity index (χ4n) is 0.635. The van der Waals surface area contributed by atoms with E-state index in [0.717, 1.165) is 0 Å². The maximum absolute atomic E-state index is 11.2. The van der Waals surface area contributed by atoms with Crippen molar-refractivity contribution in [2.24, 2.45) is 0 Å². The second kappa shape index (κ2) is 5.16. The minimum absolute atomic E-state index is 0.314. The van der Waals surface area contributed by atoms with Crippen LogP contribution in [-0.2, 0) is 9.53 Å². The van der Waals surface area contributed by atoms with Gasteiger partial charge in [-0.25, -0.2) is 0 Å². The Hall–Kier alpha value is -0.650. The number of ether oxygens (including phenoxy) is 1. The van der Waals surface area contributed by atoms with E-state index in [-0.39, 0.29) is 19.1 Å². The molecule has 0 spiro atoms. The minimum Gasteiger partial charge on any atom is -0.394 e. The number of methoxy groups -OCH3 is 1. The van der Waals surface area contributed by atoms with Gasteiger partial charge in [0.15, 0.2) is 0 Å². The molecule has 0 aliphatic rings. The average Bonchev–Trinajstić information content (AvgIpc) is 2.16. The van der Waals surface area contributed by atoms with Crippen LogP contribution in [0.2, 0.25) is 0 Å². The zero-order valence-electron chi connectivity index (χ0n) is 8.20. The molecule has 0 fully saturated rings. The molecule has 0 saturated heterocycles. The quantitative estimate of drug-likeness (QED) is 0.514. The second-order valence-corrected chi connectivity index (χ2v) is 3.24. The molecule has 3 N–H and O–H groups in total. The predicted octanol–water partition coefficient (Wildman–Crippen LogP) is -1.12. The summed E-state index contributed by atoms with van der Waals surface area (Å²) in [5, 5.41) is 20.2. The summed E-state index contributed by atoms with van der Waals surface area (Å²) in [5.41, 5.74) is -0.982. The summed E-state index contributed by atoms with van der Waals surface area (Å²) in [7, 11) is 1.42. The maximum Gasteiger partial charge on any atom is 0.249 e. The highest BCUT2D eigenvalue weighted by molar-refractivity contribution is 5.81. The Balaban J connectivity index is 4.17. The number of hydrogen-bond donors (Lipinski definition) is 3. The van der Waals surface area contributed by atoms with Gasteiger partial charge in [0, 0.05) is 7.11 Å². The fourth-order valence-corrected chi connectivity index (χ4v) is 0.635. The van der Waals surface area contributed by atoms with Gasteiger partial charge in [-0.15, -0.1) is 0 Å². The van der Waals surface area contributed by atoms with Gasteiger partial charge in [-0.1, -0.05) is 0 Å². The second-order valence-electron chi connectivity index (χ2n) is 3.24. The molecule has 78 valence electrons. The molecule has 5 heteroatoms. The van der Waals surface area contributed by atoms with E-state index >= 15 is 0 Å². The molecule has 0 radical (unpaired) electrons. The van der Waals surface area contributed by atoms with Crippen molar-refractivity contribution < 1.29 is 19.7 Å². The lowest BCUT2D eigenvalue weighted by Crippen LogP contribution is -2.54. The van der Waals surface area contributed by atoms with E-state index in [4.69, 9.17) is 14.9 Å². The number of nitrogens with one attached hydrogen (secondary N) is 1. The monoisotopic (exact) mass is 191 g/mol. The Kier molecular flexibility index (Phi) is 4.90. The molecule has 0 bridgehead atoms. The molecule has 0 aliphatic carbocycles. The van der Waals surface area contributed by atoms with E-state index < -0.39 is 11.6 Å². The molecule has 1 amide bonds. The van der Waals surface area contributed by atoms with Crippen molar-refractivity contribution >= 4 is 5.91 Å². The van der Waals surface area contributed by atoms with E-state index in [0.29, 0.717) is 0 Å². The van der Waals surface area contributed by atoms with Crippen molar-refractivity contribution in [2.45, 2.75) is 25.5 Å². The topological polar surface area (TPSA) is 78.8 Å². The number of amides is 1. The molecule has 0 aliphatic heterocycles. The van der Waals surface area contributed by atoms with E-state index in [1.165, 1.54) is 7.11 Å². The van der Waals surface area contributed by atoms with Gasteiger partial charge < -0.3 is 20.3 Å². The van der Waals surface area contributed by atoms with Gasteiger partial charge >= 0.3 is 0 Å². The van der Waals surface area contributed by atoms with Crippen molar-refractivity contribution in [3.63, 3.8) is 0 Å². The summed E-state index contributed by atoms with van der Waals surface area (Å²) in [4.78, 5) is 11.2. The molecule has 1 unspecified atom stereocenters. The van der Waals surface area contributed by atoms with E-state index in [1.54, 1.807) is 13.8 Å². The number of aliphatic hydroxyl groups excluding tert-OH is 2. The summed E-state index contributed by atoms with van der Waals surface area (Å²) in [5.74, 6) is -0.354.